The van der Waals surface area contributed by atoms with Gasteiger partial charge in [0.15, 0.2) is 5.96 Å². The molecular weight excluding hydrogens is 454 g/mol. The number of ether oxygens (including phenoxy) is 2. The molecule has 142 valence electrons. The van der Waals surface area contributed by atoms with Gasteiger partial charge in [-0.1, -0.05) is 6.07 Å². The Kier molecular flexibility index (Phi) is 8.73. The lowest BCUT2D eigenvalue weighted by Crippen LogP contribution is -2.45. The second-order valence-electron chi connectivity index (χ2n) is 5.29. The minimum atomic E-state index is -4.44. The molecule has 1 aliphatic rings. The van der Waals surface area contributed by atoms with Crippen LogP contribution in [0.2, 0.25) is 0 Å². The fraction of sp³-hybridized carbons (Fsp3) is 0.533. The van der Waals surface area contributed by atoms with Crippen molar-refractivity contribution < 1.29 is 27.8 Å². The fourth-order valence-electron chi connectivity index (χ4n) is 2.10. The van der Waals surface area contributed by atoms with E-state index in [2.05, 4.69) is 4.99 Å². The van der Waals surface area contributed by atoms with Crippen LogP contribution in [0.3, 0.4) is 0 Å². The molecule has 25 heavy (non-hydrogen) atoms. The highest BCUT2D eigenvalue weighted by Gasteiger charge is 2.30. The monoisotopic (exact) mass is 475 g/mol. The average Bonchev–Trinajstić information content (AvgIpc) is 2.58. The number of nitrogens with zero attached hydrogens (tertiary/aromatic N) is 2. The molecule has 0 saturated carbocycles. The molecule has 2 rings (SSSR count). The SMILES string of the molecule is I.NC(=NCC(O)COc1cccc(C(F)(F)F)c1)N1CCOCC1. The van der Waals surface area contributed by atoms with Gasteiger partial charge in [-0.05, 0) is 18.2 Å². The largest absolute Gasteiger partial charge is 0.491 e. The minimum Gasteiger partial charge on any atom is -0.491 e. The number of nitrogens with two attached hydrogens (primary N) is 1. The van der Waals surface area contributed by atoms with E-state index in [1.165, 1.54) is 12.1 Å². The zero-order chi connectivity index (χ0) is 17.6. The maximum Gasteiger partial charge on any atom is 0.416 e. The lowest BCUT2D eigenvalue weighted by Gasteiger charge is -2.27. The maximum atomic E-state index is 12.6. The quantitative estimate of drug-likeness (QED) is 0.385. The molecule has 10 heteroatoms. The van der Waals surface area contributed by atoms with E-state index in [9.17, 15) is 18.3 Å². The molecule has 1 saturated heterocycles. The van der Waals surface area contributed by atoms with Gasteiger partial charge in [0.1, 0.15) is 18.5 Å². The van der Waals surface area contributed by atoms with Crippen molar-refractivity contribution >= 4 is 29.9 Å². The summed E-state index contributed by atoms with van der Waals surface area (Å²) < 4.78 is 48.2. The molecule has 1 atom stereocenters. The van der Waals surface area contributed by atoms with Crippen molar-refractivity contribution in [2.45, 2.75) is 12.3 Å². The van der Waals surface area contributed by atoms with Crippen LogP contribution in [0, 0.1) is 0 Å². The smallest absolute Gasteiger partial charge is 0.416 e. The number of guanidine groups is 1. The van der Waals surface area contributed by atoms with E-state index < -0.39 is 17.8 Å². The second-order valence-corrected chi connectivity index (χ2v) is 5.29. The number of halogens is 4. The third kappa shape index (κ3) is 7.24. The number of aliphatic hydroxyl groups is 1. The predicted molar refractivity (Wildman–Crippen MR) is 97.2 cm³/mol. The van der Waals surface area contributed by atoms with Gasteiger partial charge in [-0.15, -0.1) is 24.0 Å². The lowest BCUT2D eigenvalue weighted by molar-refractivity contribution is -0.137. The van der Waals surface area contributed by atoms with Gasteiger partial charge in [0.2, 0.25) is 0 Å². The van der Waals surface area contributed by atoms with Gasteiger partial charge in [-0.25, -0.2) is 0 Å². The summed E-state index contributed by atoms with van der Waals surface area (Å²) in [6, 6.07) is 4.49. The Labute approximate surface area is 160 Å². The highest BCUT2D eigenvalue weighted by molar-refractivity contribution is 14.0. The molecule has 0 aromatic heterocycles. The van der Waals surface area contributed by atoms with Crippen LogP contribution in [-0.4, -0.2) is 61.5 Å². The first-order chi connectivity index (χ1) is 11.4. The van der Waals surface area contributed by atoms with Gasteiger partial charge in [-0.3, -0.25) is 4.99 Å². The summed E-state index contributed by atoms with van der Waals surface area (Å²) in [6.45, 7) is 2.22. The first kappa shape index (κ1) is 21.8. The van der Waals surface area contributed by atoms with E-state index in [-0.39, 0.29) is 42.9 Å². The predicted octanol–water partition coefficient (Wildman–Crippen LogP) is 1.71. The summed E-state index contributed by atoms with van der Waals surface area (Å²) in [5.41, 5.74) is 5.01. The fourth-order valence-corrected chi connectivity index (χ4v) is 2.10. The zero-order valence-electron chi connectivity index (χ0n) is 13.4. The molecule has 0 spiro atoms. The molecule has 0 bridgehead atoms. The first-order valence-corrected chi connectivity index (χ1v) is 7.47. The van der Waals surface area contributed by atoms with Crippen molar-refractivity contribution in [2.24, 2.45) is 10.7 Å². The molecule has 0 aliphatic carbocycles. The molecule has 1 aliphatic heterocycles. The van der Waals surface area contributed by atoms with Crippen LogP contribution in [0.15, 0.2) is 29.3 Å². The summed E-state index contributed by atoms with van der Waals surface area (Å²) in [5.74, 6) is 0.338. The summed E-state index contributed by atoms with van der Waals surface area (Å²) in [4.78, 5) is 5.91. The first-order valence-electron chi connectivity index (χ1n) is 7.47. The summed E-state index contributed by atoms with van der Waals surface area (Å²) in [6.07, 6.45) is -5.41. The Hall–Kier alpha value is -1.27. The van der Waals surface area contributed by atoms with Crippen molar-refractivity contribution in [3.8, 4) is 5.75 Å². The van der Waals surface area contributed by atoms with Gasteiger partial charge >= 0.3 is 6.18 Å². The molecule has 0 amide bonds. The van der Waals surface area contributed by atoms with Crippen LogP contribution in [-0.2, 0) is 10.9 Å². The summed E-state index contributed by atoms with van der Waals surface area (Å²) in [5, 5.41) is 9.83. The third-order valence-corrected chi connectivity index (χ3v) is 3.40. The Morgan fingerprint density at radius 1 is 1.36 bits per heavy atom. The number of alkyl halides is 3. The highest BCUT2D eigenvalue weighted by atomic mass is 127. The number of hydrogen-bond acceptors (Lipinski definition) is 4. The Bertz CT molecular complexity index is 566. The van der Waals surface area contributed by atoms with Gasteiger partial charge in [0.05, 0.1) is 25.3 Å². The van der Waals surface area contributed by atoms with E-state index >= 15 is 0 Å². The molecule has 3 N–H and O–H groups in total. The van der Waals surface area contributed by atoms with Gasteiger partial charge < -0.3 is 25.2 Å². The van der Waals surface area contributed by atoms with Crippen LogP contribution in [0.25, 0.3) is 0 Å². The molecular formula is C15H21F3IN3O3. The number of aliphatic hydroxyl groups excluding tert-OH is 1. The number of morpholine rings is 1. The van der Waals surface area contributed by atoms with E-state index in [1.807, 2.05) is 4.90 Å². The van der Waals surface area contributed by atoms with Crippen LogP contribution < -0.4 is 10.5 Å². The third-order valence-electron chi connectivity index (χ3n) is 3.40. The van der Waals surface area contributed by atoms with Crippen molar-refractivity contribution in [3.05, 3.63) is 29.8 Å². The van der Waals surface area contributed by atoms with Crippen molar-refractivity contribution in [1.29, 1.82) is 0 Å². The second kappa shape index (κ2) is 10.0. The molecule has 0 radical (unpaired) electrons. The van der Waals surface area contributed by atoms with Crippen LogP contribution >= 0.6 is 24.0 Å². The van der Waals surface area contributed by atoms with Crippen molar-refractivity contribution in [3.63, 3.8) is 0 Å². The summed E-state index contributed by atoms with van der Waals surface area (Å²) >= 11 is 0. The van der Waals surface area contributed by atoms with Crippen LogP contribution in [0.5, 0.6) is 5.75 Å². The molecule has 1 unspecified atom stereocenters. The van der Waals surface area contributed by atoms with Gasteiger partial charge in [0, 0.05) is 13.1 Å². The highest BCUT2D eigenvalue weighted by Crippen LogP contribution is 2.31. The normalized spacial score (nSPS) is 17.0. The number of rotatable bonds is 5. The van der Waals surface area contributed by atoms with E-state index in [4.69, 9.17) is 15.2 Å². The van der Waals surface area contributed by atoms with Crippen molar-refractivity contribution in [2.75, 3.05) is 39.5 Å². The van der Waals surface area contributed by atoms with Crippen LogP contribution in [0.1, 0.15) is 5.56 Å². The van der Waals surface area contributed by atoms with Crippen LogP contribution in [0.4, 0.5) is 13.2 Å². The maximum absolute atomic E-state index is 12.6. The number of aliphatic imine (C=N–C) groups is 1. The molecule has 1 aromatic carbocycles. The van der Waals surface area contributed by atoms with E-state index in [0.717, 1.165) is 12.1 Å². The number of hydrogen-bond donors (Lipinski definition) is 2. The molecule has 6 nitrogen and oxygen atoms in total. The average molecular weight is 475 g/mol. The summed E-state index contributed by atoms with van der Waals surface area (Å²) in [7, 11) is 0. The molecule has 1 fully saturated rings. The Morgan fingerprint density at radius 3 is 2.68 bits per heavy atom. The molecule has 1 heterocycles. The van der Waals surface area contributed by atoms with Crippen molar-refractivity contribution in [1.82, 2.24) is 4.90 Å². The zero-order valence-corrected chi connectivity index (χ0v) is 15.7. The van der Waals surface area contributed by atoms with Gasteiger partial charge in [-0.2, -0.15) is 13.2 Å². The Morgan fingerprint density at radius 2 is 2.04 bits per heavy atom. The topological polar surface area (TPSA) is 80.3 Å². The Balaban J connectivity index is 0.00000312. The lowest BCUT2D eigenvalue weighted by atomic mass is 10.2. The standard InChI is InChI=1S/C15H20F3N3O3.HI/c16-15(17,18)11-2-1-3-13(8-11)24-10-12(22)9-20-14(19)21-4-6-23-7-5-21;/h1-3,8,12,22H,4-7,9-10H2,(H2,19,20);1H. The number of benzene rings is 1. The van der Waals surface area contributed by atoms with E-state index in [1.54, 1.807) is 0 Å². The molecule has 1 aromatic rings. The van der Waals surface area contributed by atoms with Gasteiger partial charge in [0.25, 0.3) is 0 Å². The van der Waals surface area contributed by atoms with E-state index in [0.29, 0.717) is 32.3 Å². The minimum absolute atomic E-state index is 0.